The lowest BCUT2D eigenvalue weighted by molar-refractivity contribution is -0.122. The molecule has 0 aliphatic carbocycles. The normalized spacial score (nSPS) is 26.1. The van der Waals surface area contributed by atoms with Crippen LogP contribution < -0.4 is 0 Å². The lowest BCUT2D eigenvalue weighted by Gasteiger charge is -2.04. The molecule has 3 nitrogen and oxygen atoms in total. The molecule has 1 aliphatic heterocycles. The Morgan fingerprint density at radius 1 is 1.46 bits per heavy atom. The summed E-state index contributed by atoms with van der Waals surface area (Å²) < 4.78 is 22.1. The monoisotopic (exact) mass is 204 g/mol. The molecule has 1 fully saturated rings. The van der Waals surface area contributed by atoms with E-state index in [0.29, 0.717) is 12.8 Å². The Hall–Kier alpha value is -0.380. The van der Waals surface area contributed by atoms with Crippen LogP contribution in [0.1, 0.15) is 32.6 Å². The molecule has 0 radical (unpaired) electrons. The van der Waals surface area contributed by atoms with Gasteiger partial charge in [0.15, 0.2) is 9.84 Å². The molecule has 0 aromatic heterocycles. The van der Waals surface area contributed by atoms with Crippen molar-refractivity contribution in [3.63, 3.8) is 0 Å². The largest absolute Gasteiger partial charge is 0.299 e. The number of unbranched alkanes of at least 4 members (excludes halogenated alkanes) is 1. The number of hydrogen-bond acceptors (Lipinski definition) is 3. The second kappa shape index (κ2) is 4.22. The Bertz CT molecular complexity index is 279. The topological polar surface area (TPSA) is 51.2 Å². The van der Waals surface area contributed by atoms with E-state index in [1.54, 1.807) is 0 Å². The Morgan fingerprint density at radius 2 is 2.15 bits per heavy atom. The van der Waals surface area contributed by atoms with Crippen molar-refractivity contribution in [3.05, 3.63) is 0 Å². The molecule has 0 saturated carbocycles. The minimum absolute atomic E-state index is 0.0928. The third kappa shape index (κ3) is 3.10. The predicted molar refractivity (Wildman–Crippen MR) is 51.3 cm³/mol. The van der Waals surface area contributed by atoms with Crippen molar-refractivity contribution in [2.45, 2.75) is 32.6 Å². The average molecular weight is 204 g/mol. The van der Waals surface area contributed by atoms with Crippen molar-refractivity contribution < 1.29 is 13.2 Å². The van der Waals surface area contributed by atoms with E-state index in [9.17, 15) is 13.2 Å². The molecule has 1 heterocycles. The van der Waals surface area contributed by atoms with Gasteiger partial charge in [-0.05, 0) is 12.8 Å². The summed E-state index contributed by atoms with van der Waals surface area (Å²) in [6.45, 7) is 2.03. The van der Waals surface area contributed by atoms with Crippen molar-refractivity contribution >= 4 is 15.6 Å². The number of carbonyl (C=O) groups excluding carboxylic acids is 1. The minimum atomic E-state index is -2.89. The Balaban J connectivity index is 2.42. The van der Waals surface area contributed by atoms with E-state index >= 15 is 0 Å². The van der Waals surface area contributed by atoms with Crippen LogP contribution in [0.5, 0.6) is 0 Å². The standard InChI is InChI=1S/C9H16O3S/c1-2-3-4-9(10)8-5-6-13(11,12)7-8/h8H,2-7H2,1H3. The Morgan fingerprint density at radius 3 is 2.62 bits per heavy atom. The zero-order valence-electron chi connectivity index (χ0n) is 7.95. The quantitative estimate of drug-likeness (QED) is 0.691. The highest BCUT2D eigenvalue weighted by Gasteiger charge is 2.31. The molecule has 1 saturated heterocycles. The van der Waals surface area contributed by atoms with Crippen LogP contribution in [-0.2, 0) is 14.6 Å². The van der Waals surface area contributed by atoms with Gasteiger partial charge in [0, 0.05) is 12.3 Å². The smallest absolute Gasteiger partial charge is 0.151 e. The van der Waals surface area contributed by atoms with E-state index in [-0.39, 0.29) is 23.2 Å². The van der Waals surface area contributed by atoms with Crippen LogP contribution in [0.2, 0.25) is 0 Å². The number of ketones is 1. The van der Waals surface area contributed by atoms with Gasteiger partial charge in [-0.1, -0.05) is 13.3 Å². The van der Waals surface area contributed by atoms with Crippen LogP contribution in [0.4, 0.5) is 0 Å². The lowest BCUT2D eigenvalue weighted by atomic mass is 9.99. The van der Waals surface area contributed by atoms with Crippen LogP contribution in [0.25, 0.3) is 0 Å². The van der Waals surface area contributed by atoms with Crippen LogP contribution in [0.15, 0.2) is 0 Å². The molecule has 13 heavy (non-hydrogen) atoms. The number of carbonyl (C=O) groups is 1. The number of Topliss-reactive ketones (excluding diaryl/α,β-unsaturated/α-hetero) is 1. The van der Waals surface area contributed by atoms with Crippen molar-refractivity contribution in [1.29, 1.82) is 0 Å². The van der Waals surface area contributed by atoms with Crippen molar-refractivity contribution in [3.8, 4) is 0 Å². The second-order valence-electron chi connectivity index (χ2n) is 3.67. The summed E-state index contributed by atoms with van der Waals surface area (Å²) >= 11 is 0. The van der Waals surface area contributed by atoms with Crippen molar-refractivity contribution in [2.75, 3.05) is 11.5 Å². The van der Waals surface area contributed by atoms with Gasteiger partial charge in [0.2, 0.25) is 0 Å². The van der Waals surface area contributed by atoms with Gasteiger partial charge in [-0.3, -0.25) is 4.79 Å². The van der Waals surface area contributed by atoms with Gasteiger partial charge in [-0.2, -0.15) is 0 Å². The zero-order valence-corrected chi connectivity index (χ0v) is 8.77. The first-order valence-corrected chi connectivity index (χ1v) is 6.60. The molecule has 1 unspecified atom stereocenters. The Labute approximate surface area is 79.4 Å². The maximum Gasteiger partial charge on any atom is 0.151 e. The maximum atomic E-state index is 11.4. The molecule has 0 aromatic rings. The highest BCUT2D eigenvalue weighted by atomic mass is 32.2. The fraction of sp³-hybridized carbons (Fsp3) is 0.889. The van der Waals surface area contributed by atoms with E-state index < -0.39 is 9.84 Å². The minimum Gasteiger partial charge on any atom is -0.299 e. The highest BCUT2D eigenvalue weighted by Crippen LogP contribution is 2.21. The summed E-state index contributed by atoms with van der Waals surface area (Å²) in [4.78, 5) is 11.4. The number of hydrogen-bond donors (Lipinski definition) is 0. The number of sulfone groups is 1. The fourth-order valence-corrected chi connectivity index (χ4v) is 3.38. The van der Waals surface area contributed by atoms with E-state index in [0.717, 1.165) is 12.8 Å². The SMILES string of the molecule is CCCCC(=O)C1CCS(=O)(=O)C1. The van der Waals surface area contributed by atoms with Crippen LogP contribution in [0, 0.1) is 5.92 Å². The molecule has 0 bridgehead atoms. The molecule has 1 rings (SSSR count). The van der Waals surface area contributed by atoms with Crippen LogP contribution in [-0.4, -0.2) is 25.7 Å². The molecule has 4 heteroatoms. The molecular weight excluding hydrogens is 188 g/mol. The molecule has 76 valence electrons. The molecule has 0 N–H and O–H groups in total. The molecule has 0 amide bonds. The average Bonchev–Trinajstić information content (AvgIpc) is 2.42. The van der Waals surface area contributed by atoms with Gasteiger partial charge >= 0.3 is 0 Å². The summed E-state index contributed by atoms with van der Waals surface area (Å²) in [5.74, 6) is 0.241. The molecule has 1 aliphatic rings. The third-order valence-corrected chi connectivity index (χ3v) is 4.23. The van der Waals surface area contributed by atoms with Gasteiger partial charge in [-0.25, -0.2) is 8.42 Å². The summed E-state index contributed by atoms with van der Waals surface area (Å²) in [5, 5.41) is 0. The third-order valence-electron chi connectivity index (χ3n) is 2.46. The first-order valence-electron chi connectivity index (χ1n) is 4.78. The fourth-order valence-electron chi connectivity index (χ4n) is 1.60. The summed E-state index contributed by atoms with van der Waals surface area (Å²) in [6.07, 6.45) is 2.97. The molecule has 0 spiro atoms. The number of rotatable bonds is 4. The van der Waals surface area contributed by atoms with Crippen molar-refractivity contribution in [1.82, 2.24) is 0 Å². The predicted octanol–water partition coefficient (Wildman–Crippen LogP) is 1.18. The first kappa shape index (κ1) is 10.7. The summed E-state index contributed by atoms with van der Waals surface area (Å²) in [5.41, 5.74) is 0. The summed E-state index contributed by atoms with van der Waals surface area (Å²) in [7, 11) is -2.89. The van der Waals surface area contributed by atoms with Gasteiger partial charge in [-0.15, -0.1) is 0 Å². The maximum absolute atomic E-state index is 11.4. The van der Waals surface area contributed by atoms with E-state index in [1.807, 2.05) is 6.92 Å². The van der Waals surface area contributed by atoms with Crippen LogP contribution in [0.3, 0.4) is 0 Å². The van der Waals surface area contributed by atoms with Gasteiger partial charge in [0.25, 0.3) is 0 Å². The van der Waals surface area contributed by atoms with Crippen molar-refractivity contribution in [2.24, 2.45) is 5.92 Å². The van der Waals surface area contributed by atoms with E-state index in [1.165, 1.54) is 0 Å². The molecular formula is C9H16O3S. The zero-order chi connectivity index (χ0) is 9.90. The van der Waals surface area contributed by atoms with Gasteiger partial charge in [0.05, 0.1) is 11.5 Å². The van der Waals surface area contributed by atoms with Crippen LogP contribution >= 0.6 is 0 Å². The second-order valence-corrected chi connectivity index (χ2v) is 5.90. The molecule has 1 atom stereocenters. The lowest BCUT2D eigenvalue weighted by Crippen LogP contribution is -2.15. The van der Waals surface area contributed by atoms with Gasteiger partial charge in [0.1, 0.15) is 5.78 Å². The van der Waals surface area contributed by atoms with E-state index in [4.69, 9.17) is 0 Å². The summed E-state index contributed by atoms with van der Waals surface area (Å²) in [6, 6.07) is 0. The Kier molecular flexibility index (Phi) is 3.47. The van der Waals surface area contributed by atoms with E-state index in [2.05, 4.69) is 0 Å². The first-order chi connectivity index (χ1) is 6.05. The molecule has 0 aromatic carbocycles. The van der Waals surface area contributed by atoms with Gasteiger partial charge < -0.3 is 0 Å². The highest BCUT2D eigenvalue weighted by molar-refractivity contribution is 7.91.